The Hall–Kier alpha value is -2.92. The van der Waals surface area contributed by atoms with Crippen LogP contribution in [0.25, 0.3) is 10.8 Å². The van der Waals surface area contributed by atoms with Crippen LogP contribution in [0.4, 0.5) is 4.39 Å². The molecule has 3 aromatic carbocycles. The topological polar surface area (TPSA) is 41.6 Å². The summed E-state index contributed by atoms with van der Waals surface area (Å²) in [5, 5.41) is 5.72. The van der Waals surface area contributed by atoms with Crippen molar-refractivity contribution in [3.8, 4) is 5.75 Å². The number of piperidine rings is 1. The lowest BCUT2D eigenvalue weighted by Crippen LogP contribution is -2.39. The van der Waals surface area contributed by atoms with E-state index in [1.54, 1.807) is 0 Å². The van der Waals surface area contributed by atoms with Crippen molar-refractivity contribution in [1.82, 2.24) is 10.2 Å². The van der Waals surface area contributed by atoms with Crippen molar-refractivity contribution in [2.75, 3.05) is 26.7 Å². The molecule has 0 bridgehead atoms. The summed E-state index contributed by atoms with van der Waals surface area (Å²) < 4.78 is 19.8. The van der Waals surface area contributed by atoms with Crippen molar-refractivity contribution < 1.29 is 13.9 Å². The van der Waals surface area contributed by atoms with Gasteiger partial charge in [0.15, 0.2) is 0 Å². The number of nitrogens with one attached hydrogen (secondary N) is 1. The largest absolute Gasteiger partial charge is 0.494 e. The van der Waals surface area contributed by atoms with E-state index in [4.69, 9.17) is 4.74 Å². The van der Waals surface area contributed by atoms with Crippen molar-refractivity contribution in [1.29, 1.82) is 0 Å². The van der Waals surface area contributed by atoms with E-state index in [-0.39, 0.29) is 11.4 Å². The number of alkyl halides is 1. The van der Waals surface area contributed by atoms with Gasteiger partial charge in [-0.3, -0.25) is 4.79 Å². The first-order valence-corrected chi connectivity index (χ1v) is 12.3. The van der Waals surface area contributed by atoms with Crippen LogP contribution in [0.2, 0.25) is 0 Å². The molecule has 0 radical (unpaired) electrons. The third kappa shape index (κ3) is 4.80. The first-order valence-electron chi connectivity index (χ1n) is 12.3. The molecule has 2 atom stereocenters. The number of hydrogen-bond acceptors (Lipinski definition) is 3. The minimum Gasteiger partial charge on any atom is -0.494 e. The molecular weight excluding hydrogens is 427 g/mol. The number of carbonyl (C=O) groups is 1. The summed E-state index contributed by atoms with van der Waals surface area (Å²) >= 11 is 0. The molecule has 1 unspecified atom stereocenters. The minimum atomic E-state index is -0.755. The van der Waals surface area contributed by atoms with Gasteiger partial charge in [0.1, 0.15) is 11.9 Å². The Labute approximate surface area is 201 Å². The van der Waals surface area contributed by atoms with Crippen LogP contribution in [-0.2, 0) is 5.54 Å². The number of amides is 1. The van der Waals surface area contributed by atoms with Gasteiger partial charge in [0.25, 0.3) is 5.91 Å². The average molecular weight is 461 g/mol. The molecule has 1 amide bonds. The molecule has 178 valence electrons. The van der Waals surface area contributed by atoms with E-state index in [0.717, 1.165) is 31.4 Å². The molecule has 34 heavy (non-hydrogen) atoms. The monoisotopic (exact) mass is 460 g/mol. The van der Waals surface area contributed by atoms with Gasteiger partial charge >= 0.3 is 0 Å². The van der Waals surface area contributed by atoms with Crippen LogP contribution in [0.3, 0.4) is 0 Å². The van der Waals surface area contributed by atoms with E-state index in [1.165, 1.54) is 16.3 Å². The van der Waals surface area contributed by atoms with Gasteiger partial charge in [-0.15, -0.1) is 0 Å². The fourth-order valence-electron chi connectivity index (χ4n) is 5.37. The number of nitrogens with zero attached hydrogens (tertiary/aromatic N) is 1. The molecule has 1 saturated heterocycles. The first-order chi connectivity index (χ1) is 16.4. The molecule has 3 aromatic rings. The van der Waals surface area contributed by atoms with Crippen LogP contribution in [0, 0.1) is 12.8 Å². The number of aryl methyl sites for hydroxylation is 1. The van der Waals surface area contributed by atoms with Crippen molar-refractivity contribution >= 4 is 16.7 Å². The quantitative estimate of drug-likeness (QED) is 0.497. The highest BCUT2D eigenvalue weighted by molar-refractivity contribution is 5.97. The SMILES string of the molecule is Cc1ccc(OCCC2C[C@H](F)CN(C)C2)cc1C(=O)NC1(c2cccc3ccccc23)CC1. The lowest BCUT2D eigenvalue weighted by atomic mass is 9.94. The van der Waals surface area contributed by atoms with Crippen LogP contribution < -0.4 is 10.1 Å². The fourth-order valence-corrected chi connectivity index (χ4v) is 5.37. The second-order valence-electron chi connectivity index (χ2n) is 10.1. The first kappa shape index (κ1) is 22.9. The normalized spacial score (nSPS) is 21.9. The average Bonchev–Trinajstić information content (AvgIpc) is 3.59. The molecule has 2 aliphatic rings. The minimum absolute atomic E-state index is 0.0671. The van der Waals surface area contributed by atoms with Crippen molar-refractivity contribution in [2.24, 2.45) is 5.92 Å². The Morgan fingerprint density at radius 3 is 2.71 bits per heavy atom. The Bertz CT molecular complexity index is 1170. The van der Waals surface area contributed by atoms with E-state index < -0.39 is 6.17 Å². The van der Waals surface area contributed by atoms with E-state index in [9.17, 15) is 9.18 Å². The summed E-state index contributed by atoms with van der Waals surface area (Å²) in [4.78, 5) is 15.4. The van der Waals surface area contributed by atoms with Gasteiger partial charge in [-0.1, -0.05) is 48.5 Å². The van der Waals surface area contributed by atoms with Crippen LogP contribution >= 0.6 is 0 Å². The molecular formula is C29H33FN2O2. The molecule has 1 heterocycles. The van der Waals surface area contributed by atoms with Crippen molar-refractivity contribution in [3.63, 3.8) is 0 Å². The zero-order valence-electron chi connectivity index (χ0n) is 20.0. The summed E-state index contributed by atoms with van der Waals surface area (Å²) in [5.41, 5.74) is 2.45. The fraction of sp³-hybridized carbons (Fsp3) is 0.414. The zero-order valence-corrected chi connectivity index (χ0v) is 20.0. The number of carbonyl (C=O) groups excluding carboxylic acids is 1. The van der Waals surface area contributed by atoms with Crippen LogP contribution in [-0.4, -0.2) is 43.7 Å². The highest BCUT2D eigenvalue weighted by Crippen LogP contribution is 2.48. The summed E-state index contributed by atoms with van der Waals surface area (Å²) in [6.45, 7) is 3.90. The molecule has 0 aromatic heterocycles. The molecule has 5 rings (SSSR count). The standard InChI is InChI=1S/C29H33FN2O2/c1-20-10-11-24(34-15-12-21-16-23(30)19-32(2)18-21)17-26(20)28(33)31-29(13-14-29)27-9-5-7-22-6-3-4-8-25(22)27/h3-11,17,21,23H,12-16,18-19H2,1-2H3,(H,31,33)/t21?,23-/m0/s1. The highest BCUT2D eigenvalue weighted by Gasteiger charge is 2.46. The van der Waals surface area contributed by atoms with Gasteiger partial charge in [0.2, 0.25) is 0 Å². The van der Waals surface area contributed by atoms with E-state index in [2.05, 4.69) is 40.5 Å². The van der Waals surface area contributed by atoms with Gasteiger partial charge in [-0.05, 0) is 79.6 Å². The van der Waals surface area contributed by atoms with E-state index >= 15 is 0 Å². The summed E-state index contributed by atoms with van der Waals surface area (Å²) in [7, 11) is 1.97. The maximum Gasteiger partial charge on any atom is 0.252 e. The third-order valence-electron chi connectivity index (χ3n) is 7.33. The number of hydrogen-bond donors (Lipinski definition) is 1. The summed E-state index contributed by atoms with van der Waals surface area (Å²) in [6.07, 6.45) is 2.53. The second-order valence-corrected chi connectivity index (χ2v) is 10.1. The molecule has 1 saturated carbocycles. The Morgan fingerprint density at radius 2 is 1.91 bits per heavy atom. The lowest BCUT2D eigenvalue weighted by molar-refractivity contribution is 0.0928. The van der Waals surface area contributed by atoms with Gasteiger partial charge < -0.3 is 15.0 Å². The molecule has 5 heteroatoms. The van der Waals surface area contributed by atoms with Crippen molar-refractivity contribution in [3.05, 3.63) is 77.4 Å². The number of benzene rings is 3. The number of ether oxygens (including phenoxy) is 1. The number of fused-ring (bicyclic) bond motifs is 1. The maximum absolute atomic E-state index is 13.8. The molecule has 2 fully saturated rings. The van der Waals surface area contributed by atoms with Gasteiger partial charge in [0.05, 0.1) is 12.1 Å². The lowest BCUT2D eigenvalue weighted by Gasteiger charge is -2.31. The van der Waals surface area contributed by atoms with Crippen molar-refractivity contribution in [2.45, 2.75) is 44.3 Å². The third-order valence-corrected chi connectivity index (χ3v) is 7.33. The molecule has 1 aliphatic heterocycles. The Balaban J connectivity index is 1.27. The van der Waals surface area contributed by atoms with E-state index in [1.807, 2.05) is 44.3 Å². The van der Waals surface area contributed by atoms with Gasteiger partial charge in [-0.25, -0.2) is 4.39 Å². The zero-order chi connectivity index (χ0) is 23.7. The number of likely N-dealkylation sites (tertiary alicyclic amines) is 1. The molecule has 0 spiro atoms. The highest BCUT2D eigenvalue weighted by atomic mass is 19.1. The smallest absolute Gasteiger partial charge is 0.252 e. The van der Waals surface area contributed by atoms with Gasteiger partial charge in [-0.2, -0.15) is 0 Å². The van der Waals surface area contributed by atoms with E-state index in [0.29, 0.717) is 36.8 Å². The number of halogens is 1. The Kier molecular flexibility index (Phi) is 6.30. The number of rotatable bonds is 7. The van der Waals surface area contributed by atoms with Gasteiger partial charge in [0, 0.05) is 18.7 Å². The second kappa shape index (κ2) is 9.38. The predicted molar refractivity (Wildman–Crippen MR) is 134 cm³/mol. The predicted octanol–water partition coefficient (Wildman–Crippen LogP) is 5.63. The van der Waals surface area contributed by atoms with Crippen LogP contribution in [0.5, 0.6) is 5.75 Å². The summed E-state index contributed by atoms with van der Waals surface area (Å²) in [6, 6.07) is 20.3. The summed E-state index contributed by atoms with van der Waals surface area (Å²) in [5.74, 6) is 0.923. The molecule has 1 aliphatic carbocycles. The molecule has 1 N–H and O–H groups in total. The van der Waals surface area contributed by atoms with Crippen LogP contribution in [0.1, 0.15) is 47.2 Å². The van der Waals surface area contributed by atoms with Crippen LogP contribution in [0.15, 0.2) is 60.7 Å². The maximum atomic E-state index is 13.8. The Morgan fingerprint density at radius 1 is 1.12 bits per heavy atom. The molecule has 4 nitrogen and oxygen atoms in total.